The van der Waals surface area contributed by atoms with E-state index in [-0.39, 0.29) is 18.0 Å². The third kappa shape index (κ3) is 5.71. The number of nitrogens with zero attached hydrogens (tertiary/aromatic N) is 1. The van der Waals surface area contributed by atoms with Gasteiger partial charge in [0.25, 0.3) is 0 Å². The van der Waals surface area contributed by atoms with Crippen molar-refractivity contribution in [2.75, 3.05) is 33.9 Å². The van der Waals surface area contributed by atoms with E-state index >= 15 is 0 Å². The number of nitrogens with two attached hydrogens (primary N) is 1. The van der Waals surface area contributed by atoms with Gasteiger partial charge in [0.15, 0.2) is 0 Å². The summed E-state index contributed by atoms with van der Waals surface area (Å²) in [5.74, 6) is -0.312. The van der Waals surface area contributed by atoms with Gasteiger partial charge in [-0.1, -0.05) is 6.92 Å². The van der Waals surface area contributed by atoms with Crippen molar-refractivity contribution in [3.05, 3.63) is 0 Å². The van der Waals surface area contributed by atoms with Gasteiger partial charge in [0.2, 0.25) is 5.91 Å². The zero-order chi connectivity index (χ0) is 11.8. The first-order chi connectivity index (χ1) is 7.02. The molecule has 0 rings (SSSR count). The molecule has 0 saturated heterocycles. The number of primary amides is 1. The molecule has 0 saturated carbocycles. The average molecular weight is 217 g/mol. The lowest BCUT2D eigenvalue weighted by atomic mass is 10.2. The number of likely N-dealkylation sites (N-methyl/N-ethyl adjacent to an activating group) is 2. The molecule has 0 heterocycles. The van der Waals surface area contributed by atoms with Crippen LogP contribution in [0.4, 0.5) is 0 Å². The number of hydrogen-bond acceptors (Lipinski definition) is 4. The van der Waals surface area contributed by atoms with Gasteiger partial charge >= 0.3 is 0 Å². The highest BCUT2D eigenvalue weighted by Gasteiger charge is 2.18. The smallest absolute Gasteiger partial charge is 0.235 e. The Bertz CT molecular complexity index is 188. The summed E-state index contributed by atoms with van der Waals surface area (Å²) < 4.78 is 5.05. The standard InChI is InChI=1S/C10H23N3O2/c1-5-12-9(10(11)14)6-13(3)8(2)7-15-4/h8-9,12H,5-7H2,1-4H3,(H2,11,14). The normalized spacial score (nSPS) is 15.3. The van der Waals surface area contributed by atoms with Crippen LogP contribution in [0.25, 0.3) is 0 Å². The summed E-state index contributed by atoms with van der Waals surface area (Å²) in [6, 6.07) is -0.0187. The Kier molecular flexibility index (Phi) is 7.29. The van der Waals surface area contributed by atoms with Crippen molar-refractivity contribution in [2.45, 2.75) is 25.9 Å². The summed E-state index contributed by atoms with van der Waals surface area (Å²) in [7, 11) is 3.62. The van der Waals surface area contributed by atoms with Gasteiger partial charge in [-0.05, 0) is 20.5 Å². The van der Waals surface area contributed by atoms with Crippen molar-refractivity contribution < 1.29 is 9.53 Å². The average Bonchev–Trinajstić information content (AvgIpc) is 2.17. The molecular formula is C10H23N3O2. The minimum absolute atomic E-state index is 0.274. The van der Waals surface area contributed by atoms with Crippen molar-refractivity contribution in [1.82, 2.24) is 10.2 Å². The topological polar surface area (TPSA) is 67.6 Å². The van der Waals surface area contributed by atoms with Crippen LogP contribution in [0, 0.1) is 0 Å². The Morgan fingerprint density at radius 1 is 1.60 bits per heavy atom. The van der Waals surface area contributed by atoms with E-state index in [0.717, 1.165) is 6.54 Å². The lowest BCUT2D eigenvalue weighted by Gasteiger charge is -2.27. The molecule has 1 amide bonds. The Hall–Kier alpha value is -0.650. The second kappa shape index (κ2) is 7.62. The van der Waals surface area contributed by atoms with Gasteiger partial charge in [-0.2, -0.15) is 0 Å². The maximum Gasteiger partial charge on any atom is 0.235 e. The molecule has 0 aliphatic heterocycles. The number of rotatable bonds is 8. The van der Waals surface area contributed by atoms with Crippen molar-refractivity contribution in [2.24, 2.45) is 5.73 Å². The minimum Gasteiger partial charge on any atom is -0.383 e. The van der Waals surface area contributed by atoms with Crippen LogP contribution in [-0.2, 0) is 9.53 Å². The molecule has 5 nitrogen and oxygen atoms in total. The lowest BCUT2D eigenvalue weighted by molar-refractivity contribution is -0.120. The molecule has 0 aromatic carbocycles. The van der Waals surface area contributed by atoms with Crippen molar-refractivity contribution in [3.63, 3.8) is 0 Å². The van der Waals surface area contributed by atoms with Crippen LogP contribution < -0.4 is 11.1 Å². The molecular weight excluding hydrogens is 194 g/mol. The number of ether oxygens (including phenoxy) is 1. The lowest BCUT2D eigenvalue weighted by Crippen LogP contribution is -2.50. The van der Waals surface area contributed by atoms with Crippen molar-refractivity contribution in [1.29, 1.82) is 0 Å². The Morgan fingerprint density at radius 3 is 2.60 bits per heavy atom. The first-order valence-corrected chi connectivity index (χ1v) is 5.24. The first kappa shape index (κ1) is 14.3. The molecule has 0 bridgehead atoms. The summed E-state index contributed by atoms with van der Waals surface area (Å²) >= 11 is 0. The van der Waals surface area contributed by atoms with E-state index in [9.17, 15) is 4.79 Å². The van der Waals surface area contributed by atoms with Crippen LogP contribution in [0.5, 0.6) is 0 Å². The van der Waals surface area contributed by atoms with Gasteiger partial charge in [0.05, 0.1) is 12.6 Å². The highest BCUT2D eigenvalue weighted by atomic mass is 16.5. The van der Waals surface area contributed by atoms with Crippen LogP contribution in [0.1, 0.15) is 13.8 Å². The third-order valence-electron chi connectivity index (χ3n) is 2.42. The molecule has 0 aromatic rings. The number of hydrogen-bond donors (Lipinski definition) is 2. The van der Waals surface area contributed by atoms with Crippen molar-refractivity contribution in [3.8, 4) is 0 Å². The van der Waals surface area contributed by atoms with E-state index in [1.165, 1.54) is 0 Å². The summed E-state index contributed by atoms with van der Waals surface area (Å²) in [6.45, 7) is 5.99. The molecule has 0 fully saturated rings. The first-order valence-electron chi connectivity index (χ1n) is 5.24. The van der Waals surface area contributed by atoms with E-state index < -0.39 is 0 Å². The number of carbonyl (C=O) groups is 1. The second-order valence-electron chi connectivity index (χ2n) is 3.76. The summed E-state index contributed by atoms with van der Waals surface area (Å²) in [5.41, 5.74) is 5.29. The molecule has 0 aliphatic rings. The highest BCUT2D eigenvalue weighted by Crippen LogP contribution is 1.98. The van der Waals surface area contributed by atoms with E-state index in [1.54, 1.807) is 7.11 Å². The van der Waals surface area contributed by atoms with E-state index in [2.05, 4.69) is 10.2 Å². The largest absolute Gasteiger partial charge is 0.383 e. The fraction of sp³-hybridized carbons (Fsp3) is 0.900. The maximum atomic E-state index is 11.1. The quantitative estimate of drug-likeness (QED) is 0.570. The van der Waals surface area contributed by atoms with Gasteiger partial charge in [-0.3, -0.25) is 9.69 Å². The van der Waals surface area contributed by atoms with E-state index in [0.29, 0.717) is 13.2 Å². The highest BCUT2D eigenvalue weighted by molar-refractivity contribution is 5.80. The van der Waals surface area contributed by atoms with Crippen LogP contribution in [0.15, 0.2) is 0 Å². The second-order valence-corrected chi connectivity index (χ2v) is 3.76. The van der Waals surface area contributed by atoms with E-state index in [1.807, 2.05) is 20.9 Å². The molecule has 2 unspecified atom stereocenters. The summed E-state index contributed by atoms with van der Waals surface area (Å²) in [4.78, 5) is 13.2. The third-order valence-corrected chi connectivity index (χ3v) is 2.42. The van der Waals surface area contributed by atoms with Gasteiger partial charge < -0.3 is 15.8 Å². The number of nitrogens with one attached hydrogen (secondary N) is 1. The zero-order valence-electron chi connectivity index (χ0n) is 10.1. The predicted molar refractivity (Wildman–Crippen MR) is 60.6 cm³/mol. The predicted octanol–water partition coefficient (Wildman–Crippen LogP) is -0.583. The molecule has 90 valence electrons. The molecule has 3 N–H and O–H groups in total. The molecule has 0 aromatic heterocycles. The van der Waals surface area contributed by atoms with Gasteiger partial charge in [-0.15, -0.1) is 0 Å². The monoisotopic (exact) mass is 217 g/mol. The van der Waals surface area contributed by atoms with Crippen LogP contribution in [0.3, 0.4) is 0 Å². The molecule has 5 heteroatoms. The summed E-state index contributed by atoms with van der Waals surface area (Å²) in [5, 5.41) is 3.05. The van der Waals surface area contributed by atoms with E-state index in [4.69, 9.17) is 10.5 Å². The molecule has 2 atom stereocenters. The van der Waals surface area contributed by atoms with Crippen molar-refractivity contribution >= 4 is 5.91 Å². The minimum atomic E-state index is -0.312. The Morgan fingerprint density at radius 2 is 2.20 bits per heavy atom. The Balaban J connectivity index is 4.09. The molecule has 0 aliphatic carbocycles. The number of carbonyl (C=O) groups excluding carboxylic acids is 1. The number of methoxy groups -OCH3 is 1. The molecule has 0 spiro atoms. The van der Waals surface area contributed by atoms with Crippen LogP contribution in [-0.4, -0.2) is 56.7 Å². The Labute approximate surface area is 91.9 Å². The number of amides is 1. The molecule has 15 heavy (non-hydrogen) atoms. The summed E-state index contributed by atoms with van der Waals surface area (Å²) in [6.07, 6.45) is 0. The fourth-order valence-electron chi connectivity index (χ4n) is 1.34. The maximum absolute atomic E-state index is 11.1. The fourth-order valence-corrected chi connectivity index (χ4v) is 1.34. The SMILES string of the molecule is CCNC(CN(C)C(C)COC)C(N)=O. The van der Waals surface area contributed by atoms with Crippen LogP contribution >= 0.6 is 0 Å². The van der Waals surface area contributed by atoms with Gasteiger partial charge in [0, 0.05) is 19.7 Å². The van der Waals surface area contributed by atoms with Gasteiger partial charge in [-0.25, -0.2) is 0 Å². The van der Waals surface area contributed by atoms with Gasteiger partial charge in [0.1, 0.15) is 0 Å². The molecule has 0 radical (unpaired) electrons. The zero-order valence-corrected chi connectivity index (χ0v) is 10.1. The van der Waals surface area contributed by atoms with Crippen LogP contribution in [0.2, 0.25) is 0 Å².